The molecule has 1 rings (SSSR count). The summed E-state index contributed by atoms with van der Waals surface area (Å²) in [5.74, 6) is 1.06. The van der Waals surface area contributed by atoms with E-state index in [0.29, 0.717) is 23.3 Å². The lowest BCUT2D eigenvalue weighted by atomic mass is 10.2. The number of methoxy groups -OCH3 is 2. The first-order chi connectivity index (χ1) is 8.22. The van der Waals surface area contributed by atoms with Crippen molar-refractivity contribution < 1.29 is 9.47 Å². The first-order valence-electron chi connectivity index (χ1n) is 5.52. The van der Waals surface area contributed by atoms with Crippen LogP contribution in [0.1, 0.15) is 19.8 Å². The molecule has 1 aromatic rings. The zero-order valence-corrected chi connectivity index (χ0v) is 11.1. The quantitative estimate of drug-likeness (QED) is 0.762. The van der Waals surface area contributed by atoms with Gasteiger partial charge in [-0.1, -0.05) is 24.9 Å². The smallest absolute Gasteiger partial charge is 0.198 e. The second-order valence-corrected chi connectivity index (χ2v) is 3.99. The Hall–Kier alpha value is -1.07. The van der Waals surface area contributed by atoms with Crippen LogP contribution < -0.4 is 10.1 Å². The number of rotatable bonds is 7. The highest BCUT2D eigenvalue weighted by Gasteiger charge is 2.14. The van der Waals surface area contributed by atoms with E-state index in [1.807, 2.05) is 0 Å². The van der Waals surface area contributed by atoms with E-state index in [4.69, 9.17) is 21.1 Å². The lowest BCUT2D eigenvalue weighted by molar-refractivity contribution is 0.182. The molecule has 0 spiro atoms. The van der Waals surface area contributed by atoms with Crippen LogP contribution in [0, 0.1) is 0 Å². The molecule has 0 aromatic carbocycles. The van der Waals surface area contributed by atoms with Crippen molar-refractivity contribution in [1.82, 2.24) is 9.97 Å². The molecule has 0 saturated carbocycles. The summed E-state index contributed by atoms with van der Waals surface area (Å²) >= 11 is 5.92. The molecule has 0 aliphatic rings. The van der Waals surface area contributed by atoms with E-state index in [0.717, 1.165) is 12.8 Å². The van der Waals surface area contributed by atoms with Crippen molar-refractivity contribution in [2.45, 2.75) is 25.8 Å². The Morgan fingerprint density at radius 3 is 2.76 bits per heavy atom. The molecule has 0 amide bonds. The predicted molar refractivity (Wildman–Crippen MR) is 67.8 cm³/mol. The molecule has 17 heavy (non-hydrogen) atoms. The molecule has 6 heteroatoms. The summed E-state index contributed by atoms with van der Waals surface area (Å²) in [4.78, 5) is 8.00. The molecular weight excluding hydrogens is 242 g/mol. The first kappa shape index (κ1) is 14.0. The van der Waals surface area contributed by atoms with E-state index >= 15 is 0 Å². The maximum absolute atomic E-state index is 5.92. The standard InChI is InChI=1S/C11H18ClN3O2/c1-4-5-8(6-16-2)15-11-9(17-3)10(12)13-7-14-11/h7-8H,4-6H2,1-3H3,(H,13,14,15). The monoisotopic (exact) mass is 259 g/mol. The summed E-state index contributed by atoms with van der Waals surface area (Å²) < 4.78 is 10.3. The fourth-order valence-corrected chi connectivity index (χ4v) is 1.79. The molecule has 1 N–H and O–H groups in total. The highest BCUT2D eigenvalue weighted by atomic mass is 35.5. The van der Waals surface area contributed by atoms with E-state index < -0.39 is 0 Å². The van der Waals surface area contributed by atoms with Gasteiger partial charge in [0.15, 0.2) is 16.7 Å². The fourth-order valence-electron chi connectivity index (χ4n) is 1.58. The van der Waals surface area contributed by atoms with Crippen molar-refractivity contribution in [1.29, 1.82) is 0 Å². The lowest BCUT2D eigenvalue weighted by Crippen LogP contribution is -2.25. The van der Waals surface area contributed by atoms with Gasteiger partial charge in [0.1, 0.15) is 6.33 Å². The van der Waals surface area contributed by atoms with Gasteiger partial charge < -0.3 is 14.8 Å². The third-order valence-corrected chi connectivity index (χ3v) is 2.58. The molecule has 0 radical (unpaired) electrons. The Morgan fingerprint density at radius 2 is 2.18 bits per heavy atom. The van der Waals surface area contributed by atoms with Gasteiger partial charge in [-0.25, -0.2) is 9.97 Å². The van der Waals surface area contributed by atoms with Crippen LogP contribution in [0.15, 0.2) is 6.33 Å². The van der Waals surface area contributed by atoms with E-state index in [9.17, 15) is 0 Å². The lowest BCUT2D eigenvalue weighted by Gasteiger charge is -2.19. The van der Waals surface area contributed by atoms with Gasteiger partial charge in [0.05, 0.1) is 19.8 Å². The van der Waals surface area contributed by atoms with Crippen molar-refractivity contribution >= 4 is 17.4 Å². The maximum atomic E-state index is 5.92. The first-order valence-corrected chi connectivity index (χ1v) is 5.90. The largest absolute Gasteiger partial charge is 0.490 e. The second kappa shape index (κ2) is 7.29. The molecule has 1 aromatic heterocycles. The second-order valence-electron chi connectivity index (χ2n) is 3.63. The molecule has 5 nitrogen and oxygen atoms in total. The van der Waals surface area contributed by atoms with Crippen LogP contribution in [0.5, 0.6) is 5.75 Å². The number of nitrogens with zero attached hydrogens (tertiary/aromatic N) is 2. The molecule has 0 bridgehead atoms. The molecule has 1 atom stereocenters. The topological polar surface area (TPSA) is 56.3 Å². The predicted octanol–water partition coefficient (Wildman–Crippen LogP) is 2.37. The molecule has 0 aliphatic heterocycles. The van der Waals surface area contributed by atoms with Gasteiger partial charge in [-0.05, 0) is 6.42 Å². The summed E-state index contributed by atoms with van der Waals surface area (Å²) in [5, 5.41) is 3.56. The Morgan fingerprint density at radius 1 is 1.41 bits per heavy atom. The molecular formula is C11H18ClN3O2. The Kier molecular flexibility index (Phi) is 6.00. The third-order valence-electron chi connectivity index (χ3n) is 2.31. The number of halogens is 1. The molecule has 0 saturated heterocycles. The minimum Gasteiger partial charge on any atom is -0.490 e. The van der Waals surface area contributed by atoms with E-state index in [2.05, 4.69) is 22.2 Å². The van der Waals surface area contributed by atoms with Gasteiger partial charge in [-0.15, -0.1) is 0 Å². The Bertz CT molecular complexity index is 343. The molecule has 0 aliphatic carbocycles. The van der Waals surface area contributed by atoms with Crippen LogP contribution in [0.4, 0.5) is 5.82 Å². The number of nitrogens with one attached hydrogen (secondary N) is 1. The summed E-state index contributed by atoms with van der Waals surface area (Å²) in [5.41, 5.74) is 0. The fraction of sp³-hybridized carbons (Fsp3) is 0.636. The third kappa shape index (κ3) is 4.02. The minimum atomic E-state index is 0.185. The number of anilines is 1. The van der Waals surface area contributed by atoms with Gasteiger partial charge in [-0.3, -0.25) is 0 Å². The Balaban J connectivity index is 2.80. The van der Waals surface area contributed by atoms with Gasteiger partial charge in [0, 0.05) is 7.11 Å². The van der Waals surface area contributed by atoms with E-state index in [1.54, 1.807) is 14.2 Å². The SMILES string of the molecule is CCCC(COC)Nc1ncnc(Cl)c1OC. The van der Waals surface area contributed by atoms with Gasteiger partial charge in [0.2, 0.25) is 0 Å². The van der Waals surface area contributed by atoms with Gasteiger partial charge in [0.25, 0.3) is 0 Å². The normalized spacial score (nSPS) is 12.2. The molecule has 1 heterocycles. The molecule has 96 valence electrons. The summed E-state index contributed by atoms with van der Waals surface area (Å²) in [7, 11) is 3.22. The van der Waals surface area contributed by atoms with E-state index in [1.165, 1.54) is 6.33 Å². The van der Waals surface area contributed by atoms with Crippen LogP contribution in [0.25, 0.3) is 0 Å². The number of hydrogen-bond acceptors (Lipinski definition) is 5. The number of hydrogen-bond donors (Lipinski definition) is 1. The number of ether oxygens (including phenoxy) is 2. The van der Waals surface area contributed by atoms with Crippen molar-refractivity contribution in [3.05, 3.63) is 11.5 Å². The van der Waals surface area contributed by atoms with Crippen molar-refractivity contribution in [2.75, 3.05) is 26.1 Å². The van der Waals surface area contributed by atoms with Crippen LogP contribution in [-0.4, -0.2) is 36.8 Å². The molecule has 0 fully saturated rings. The highest BCUT2D eigenvalue weighted by Crippen LogP contribution is 2.29. The van der Waals surface area contributed by atoms with Crippen LogP contribution >= 0.6 is 11.6 Å². The van der Waals surface area contributed by atoms with Crippen LogP contribution in [0.2, 0.25) is 5.15 Å². The van der Waals surface area contributed by atoms with Crippen molar-refractivity contribution in [3.8, 4) is 5.75 Å². The van der Waals surface area contributed by atoms with Crippen LogP contribution in [-0.2, 0) is 4.74 Å². The van der Waals surface area contributed by atoms with Crippen molar-refractivity contribution in [2.24, 2.45) is 0 Å². The van der Waals surface area contributed by atoms with Crippen LogP contribution in [0.3, 0.4) is 0 Å². The summed E-state index contributed by atoms with van der Waals surface area (Å²) in [6.07, 6.45) is 3.45. The minimum absolute atomic E-state index is 0.185. The summed E-state index contributed by atoms with van der Waals surface area (Å²) in [6.45, 7) is 2.73. The maximum Gasteiger partial charge on any atom is 0.198 e. The zero-order valence-electron chi connectivity index (χ0n) is 10.4. The Labute approximate surface area is 107 Å². The van der Waals surface area contributed by atoms with Crippen molar-refractivity contribution in [3.63, 3.8) is 0 Å². The molecule has 1 unspecified atom stereocenters. The average molecular weight is 260 g/mol. The average Bonchev–Trinajstić information content (AvgIpc) is 2.30. The van der Waals surface area contributed by atoms with E-state index in [-0.39, 0.29) is 6.04 Å². The number of aromatic nitrogens is 2. The summed E-state index contributed by atoms with van der Waals surface area (Å²) in [6, 6.07) is 0.185. The van der Waals surface area contributed by atoms with Gasteiger partial charge in [-0.2, -0.15) is 0 Å². The van der Waals surface area contributed by atoms with Gasteiger partial charge >= 0.3 is 0 Å². The zero-order chi connectivity index (χ0) is 12.7. The highest BCUT2D eigenvalue weighted by molar-refractivity contribution is 6.31.